The Labute approximate surface area is 99.1 Å². The Morgan fingerprint density at radius 1 is 1.29 bits per heavy atom. The summed E-state index contributed by atoms with van der Waals surface area (Å²) in [5.41, 5.74) is 1.21. The molecule has 0 saturated heterocycles. The maximum Gasteiger partial charge on any atom is 0.193 e. The molecule has 0 spiro atoms. The summed E-state index contributed by atoms with van der Waals surface area (Å²) < 4.78 is 0. The Morgan fingerprint density at radius 2 is 2.06 bits per heavy atom. The molecule has 1 aliphatic rings. The van der Waals surface area contributed by atoms with Gasteiger partial charge >= 0.3 is 0 Å². The van der Waals surface area contributed by atoms with Crippen molar-refractivity contribution in [3.8, 4) is 0 Å². The molecule has 0 bridgehead atoms. The van der Waals surface area contributed by atoms with Crippen LogP contribution in [0.3, 0.4) is 0 Å². The first-order chi connectivity index (χ1) is 8.27. The average Bonchev–Trinajstić information content (AvgIpc) is 3.20. The first kappa shape index (κ1) is 10.4. The molecule has 2 aromatic rings. The predicted octanol–water partition coefficient (Wildman–Crippen LogP) is 2.19. The van der Waals surface area contributed by atoms with Gasteiger partial charge in [0.1, 0.15) is 6.10 Å². The number of hydrogen-bond donors (Lipinski definition) is 1. The fourth-order valence-corrected chi connectivity index (χ4v) is 2.09. The molecule has 3 heteroatoms. The van der Waals surface area contributed by atoms with E-state index in [0.717, 1.165) is 18.2 Å². The largest absolute Gasteiger partial charge is 0.385 e. The summed E-state index contributed by atoms with van der Waals surface area (Å²) in [6, 6.07) is 9.25. The normalized spacial score (nSPS) is 17.0. The van der Waals surface area contributed by atoms with Crippen LogP contribution in [0, 0.1) is 5.92 Å². The van der Waals surface area contributed by atoms with E-state index in [9.17, 15) is 9.90 Å². The third-order valence-corrected chi connectivity index (χ3v) is 3.24. The number of aromatic nitrogens is 1. The van der Waals surface area contributed by atoms with Crippen molar-refractivity contribution < 1.29 is 9.90 Å². The number of rotatable bonds is 3. The molecule has 86 valence electrons. The first-order valence-electron chi connectivity index (χ1n) is 5.83. The SMILES string of the molecule is O=C(c1cccc2cccnc12)C(O)C1CC1. The molecule has 0 amide bonds. The Kier molecular flexibility index (Phi) is 2.41. The van der Waals surface area contributed by atoms with Crippen LogP contribution in [0.2, 0.25) is 0 Å². The van der Waals surface area contributed by atoms with E-state index < -0.39 is 6.10 Å². The van der Waals surface area contributed by atoms with Crippen LogP contribution in [0.1, 0.15) is 23.2 Å². The van der Waals surface area contributed by atoms with Crippen molar-refractivity contribution in [3.05, 3.63) is 42.1 Å². The van der Waals surface area contributed by atoms with E-state index in [2.05, 4.69) is 4.98 Å². The molecule has 1 saturated carbocycles. The number of nitrogens with zero attached hydrogens (tertiary/aromatic N) is 1. The lowest BCUT2D eigenvalue weighted by Crippen LogP contribution is -2.22. The third kappa shape index (κ3) is 1.83. The van der Waals surface area contributed by atoms with Crippen molar-refractivity contribution in [2.45, 2.75) is 18.9 Å². The van der Waals surface area contributed by atoms with Gasteiger partial charge < -0.3 is 5.11 Å². The third-order valence-electron chi connectivity index (χ3n) is 3.24. The van der Waals surface area contributed by atoms with Gasteiger partial charge in [0.15, 0.2) is 5.78 Å². The maximum atomic E-state index is 12.2. The van der Waals surface area contributed by atoms with Crippen LogP contribution in [0.15, 0.2) is 36.5 Å². The van der Waals surface area contributed by atoms with E-state index in [4.69, 9.17) is 0 Å². The number of fused-ring (bicyclic) bond motifs is 1. The van der Waals surface area contributed by atoms with Crippen LogP contribution in [0.5, 0.6) is 0 Å². The lowest BCUT2D eigenvalue weighted by molar-refractivity contribution is 0.0705. The molecule has 1 heterocycles. The molecular weight excluding hydrogens is 214 g/mol. The fourth-order valence-electron chi connectivity index (χ4n) is 2.09. The molecule has 1 aromatic carbocycles. The van der Waals surface area contributed by atoms with Gasteiger partial charge in [-0.25, -0.2) is 0 Å². The second-order valence-electron chi connectivity index (χ2n) is 4.53. The van der Waals surface area contributed by atoms with Crippen molar-refractivity contribution in [1.82, 2.24) is 4.98 Å². The molecule has 1 aliphatic carbocycles. The van der Waals surface area contributed by atoms with Crippen LogP contribution in [-0.2, 0) is 0 Å². The number of ketones is 1. The van der Waals surface area contributed by atoms with E-state index in [-0.39, 0.29) is 11.7 Å². The monoisotopic (exact) mass is 227 g/mol. The van der Waals surface area contributed by atoms with Gasteiger partial charge in [-0.1, -0.05) is 18.2 Å². The zero-order valence-electron chi connectivity index (χ0n) is 9.34. The fraction of sp³-hybridized carbons (Fsp3) is 0.286. The van der Waals surface area contributed by atoms with Crippen molar-refractivity contribution in [1.29, 1.82) is 0 Å². The minimum Gasteiger partial charge on any atom is -0.385 e. The first-order valence-corrected chi connectivity index (χ1v) is 5.83. The van der Waals surface area contributed by atoms with Crippen LogP contribution < -0.4 is 0 Å². The molecule has 3 nitrogen and oxygen atoms in total. The smallest absolute Gasteiger partial charge is 0.193 e. The number of aliphatic hydroxyl groups is 1. The Morgan fingerprint density at radius 3 is 2.82 bits per heavy atom. The van der Waals surface area contributed by atoms with Gasteiger partial charge in [0.05, 0.1) is 5.52 Å². The molecule has 1 N–H and O–H groups in total. The van der Waals surface area contributed by atoms with Gasteiger partial charge in [-0.15, -0.1) is 0 Å². The summed E-state index contributed by atoms with van der Waals surface area (Å²) in [6.07, 6.45) is 2.71. The highest BCUT2D eigenvalue weighted by atomic mass is 16.3. The zero-order chi connectivity index (χ0) is 11.8. The number of carbonyl (C=O) groups is 1. The van der Waals surface area contributed by atoms with Gasteiger partial charge in [0.25, 0.3) is 0 Å². The number of benzene rings is 1. The summed E-state index contributed by atoms with van der Waals surface area (Å²) in [6.45, 7) is 0. The van der Waals surface area contributed by atoms with Crippen molar-refractivity contribution in [2.24, 2.45) is 5.92 Å². The van der Waals surface area contributed by atoms with E-state index in [1.807, 2.05) is 24.3 Å². The standard InChI is InChI=1S/C14H13NO2/c16-13(10-6-7-10)14(17)11-5-1-3-9-4-2-8-15-12(9)11/h1-5,8,10,13,16H,6-7H2. The Bertz CT molecular complexity index is 570. The number of hydrogen-bond acceptors (Lipinski definition) is 3. The topological polar surface area (TPSA) is 50.2 Å². The van der Waals surface area contributed by atoms with Crippen molar-refractivity contribution in [3.63, 3.8) is 0 Å². The highest BCUT2D eigenvalue weighted by Gasteiger charge is 2.35. The summed E-state index contributed by atoms with van der Waals surface area (Å²) in [7, 11) is 0. The van der Waals surface area contributed by atoms with Gasteiger partial charge in [0.2, 0.25) is 0 Å². The summed E-state index contributed by atoms with van der Waals surface area (Å²) >= 11 is 0. The quantitative estimate of drug-likeness (QED) is 0.818. The van der Waals surface area contributed by atoms with Crippen LogP contribution in [0.4, 0.5) is 0 Å². The van der Waals surface area contributed by atoms with E-state index in [1.165, 1.54) is 0 Å². The van der Waals surface area contributed by atoms with E-state index in [0.29, 0.717) is 11.1 Å². The van der Waals surface area contributed by atoms with Gasteiger partial charge in [0, 0.05) is 17.1 Å². The number of Topliss-reactive ketones (excluding diaryl/α,β-unsaturated/α-hetero) is 1. The summed E-state index contributed by atoms with van der Waals surface area (Å²) in [5.74, 6) is -0.0433. The van der Waals surface area contributed by atoms with Gasteiger partial charge in [-0.05, 0) is 30.9 Å². The maximum absolute atomic E-state index is 12.2. The molecule has 3 rings (SSSR count). The van der Waals surface area contributed by atoms with E-state index >= 15 is 0 Å². The summed E-state index contributed by atoms with van der Waals surface area (Å²) in [5, 5.41) is 10.8. The lowest BCUT2D eigenvalue weighted by Gasteiger charge is -2.09. The molecular formula is C14H13NO2. The number of para-hydroxylation sites is 1. The second-order valence-corrected chi connectivity index (χ2v) is 4.53. The highest BCUT2D eigenvalue weighted by molar-refractivity contribution is 6.08. The summed E-state index contributed by atoms with van der Waals surface area (Å²) in [4.78, 5) is 16.4. The molecule has 0 radical (unpaired) electrons. The number of carbonyl (C=O) groups excluding carboxylic acids is 1. The molecule has 1 atom stereocenters. The zero-order valence-corrected chi connectivity index (χ0v) is 9.34. The molecule has 17 heavy (non-hydrogen) atoms. The van der Waals surface area contributed by atoms with Crippen molar-refractivity contribution in [2.75, 3.05) is 0 Å². The highest BCUT2D eigenvalue weighted by Crippen LogP contribution is 2.34. The Hall–Kier alpha value is -1.74. The van der Waals surface area contributed by atoms with Crippen molar-refractivity contribution >= 4 is 16.7 Å². The Balaban J connectivity index is 2.07. The van der Waals surface area contributed by atoms with Gasteiger partial charge in [-0.3, -0.25) is 9.78 Å². The molecule has 1 aromatic heterocycles. The van der Waals surface area contributed by atoms with Crippen LogP contribution in [-0.4, -0.2) is 22.0 Å². The van der Waals surface area contributed by atoms with Crippen LogP contribution in [0.25, 0.3) is 10.9 Å². The molecule has 0 aliphatic heterocycles. The molecule has 1 unspecified atom stereocenters. The second kappa shape index (κ2) is 3.93. The van der Waals surface area contributed by atoms with Gasteiger partial charge in [-0.2, -0.15) is 0 Å². The predicted molar refractivity (Wildman–Crippen MR) is 64.8 cm³/mol. The molecule has 1 fully saturated rings. The van der Waals surface area contributed by atoms with Crippen LogP contribution >= 0.6 is 0 Å². The average molecular weight is 227 g/mol. The number of aliphatic hydroxyl groups excluding tert-OH is 1. The minimum atomic E-state index is -0.859. The minimum absolute atomic E-state index is 0.154. The van der Waals surface area contributed by atoms with E-state index in [1.54, 1.807) is 12.3 Å². The number of pyridine rings is 1. The lowest BCUT2D eigenvalue weighted by atomic mass is 10.0.